The smallest absolute Gasteiger partial charge is 0.276 e. The van der Waals surface area contributed by atoms with E-state index < -0.39 is 0 Å². The van der Waals surface area contributed by atoms with Crippen LogP contribution < -0.4 is 5.32 Å². The monoisotopic (exact) mass is 364 g/mol. The van der Waals surface area contributed by atoms with Crippen molar-refractivity contribution >= 4 is 16.8 Å². The standard InChI is InChI=1S/C20H24N6O/c1-25(13-17-7-2-6-16-8-4-10-22-19(16)17)20(27)18-14-26(24-23-18)12-15-5-3-9-21-11-15/h2,4,6-8,10,14-15,21H,3,5,9,11-13H2,1H3/t15-/m1/s1. The van der Waals surface area contributed by atoms with E-state index in [2.05, 4.69) is 20.6 Å². The zero-order chi connectivity index (χ0) is 18.6. The molecule has 1 amide bonds. The largest absolute Gasteiger partial charge is 0.336 e. The number of benzene rings is 1. The normalized spacial score (nSPS) is 17.1. The maximum Gasteiger partial charge on any atom is 0.276 e. The molecule has 0 spiro atoms. The van der Waals surface area contributed by atoms with E-state index in [-0.39, 0.29) is 5.91 Å². The molecule has 1 saturated heterocycles. The lowest BCUT2D eigenvalue weighted by Crippen LogP contribution is -2.32. The van der Waals surface area contributed by atoms with E-state index in [0.717, 1.165) is 36.1 Å². The summed E-state index contributed by atoms with van der Waals surface area (Å²) in [6, 6.07) is 9.97. The molecule has 1 aliphatic heterocycles. The Labute approximate surface area is 158 Å². The molecule has 0 radical (unpaired) electrons. The number of amides is 1. The molecule has 1 atom stereocenters. The van der Waals surface area contributed by atoms with Gasteiger partial charge in [-0.1, -0.05) is 29.5 Å². The van der Waals surface area contributed by atoms with E-state index in [1.54, 1.807) is 29.0 Å². The van der Waals surface area contributed by atoms with Crippen molar-refractivity contribution in [3.05, 3.63) is 54.0 Å². The van der Waals surface area contributed by atoms with Gasteiger partial charge in [0, 0.05) is 31.7 Å². The summed E-state index contributed by atoms with van der Waals surface area (Å²) < 4.78 is 1.79. The molecule has 0 unspecified atom stereocenters. The van der Waals surface area contributed by atoms with Crippen LogP contribution in [0.3, 0.4) is 0 Å². The van der Waals surface area contributed by atoms with Crippen LogP contribution in [0.25, 0.3) is 10.9 Å². The second-order valence-corrected chi connectivity index (χ2v) is 7.19. The minimum Gasteiger partial charge on any atom is -0.336 e. The summed E-state index contributed by atoms with van der Waals surface area (Å²) in [5.74, 6) is 0.416. The predicted molar refractivity (Wildman–Crippen MR) is 103 cm³/mol. The maximum atomic E-state index is 12.8. The average Bonchev–Trinajstić information content (AvgIpc) is 3.17. The summed E-state index contributed by atoms with van der Waals surface area (Å²) in [5.41, 5.74) is 2.33. The van der Waals surface area contributed by atoms with Crippen molar-refractivity contribution in [1.82, 2.24) is 30.2 Å². The fourth-order valence-electron chi connectivity index (χ4n) is 3.65. The number of carbonyl (C=O) groups excluding carboxylic acids is 1. The summed E-state index contributed by atoms with van der Waals surface area (Å²) in [6.07, 6.45) is 5.91. The molecule has 1 aromatic carbocycles. The number of piperidine rings is 1. The van der Waals surface area contributed by atoms with Crippen LogP contribution in [0.1, 0.15) is 28.9 Å². The topological polar surface area (TPSA) is 75.9 Å². The van der Waals surface area contributed by atoms with E-state index in [1.165, 1.54) is 12.8 Å². The zero-order valence-electron chi connectivity index (χ0n) is 15.5. The Kier molecular flexibility index (Phi) is 5.11. The zero-order valence-corrected chi connectivity index (χ0v) is 15.5. The van der Waals surface area contributed by atoms with Gasteiger partial charge in [-0.3, -0.25) is 14.5 Å². The van der Waals surface area contributed by atoms with Gasteiger partial charge in [-0.2, -0.15) is 0 Å². The molecule has 1 fully saturated rings. The molecule has 3 heterocycles. The Bertz CT molecular complexity index is 926. The summed E-state index contributed by atoms with van der Waals surface area (Å²) in [6.45, 7) is 3.36. The molecular weight excluding hydrogens is 340 g/mol. The van der Waals surface area contributed by atoms with Gasteiger partial charge < -0.3 is 10.2 Å². The molecule has 1 aliphatic rings. The number of nitrogens with one attached hydrogen (secondary N) is 1. The van der Waals surface area contributed by atoms with Gasteiger partial charge in [-0.15, -0.1) is 5.10 Å². The number of fused-ring (bicyclic) bond motifs is 1. The van der Waals surface area contributed by atoms with Crippen LogP contribution >= 0.6 is 0 Å². The fraction of sp³-hybridized carbons (Fsp3) is 0.400. The molecule has 7 heteroatoms. The number of aromatic nitrogens is 4. The molecule has 0 aliphatic carbocycles. The number of hydrogen-bond donors (Lipinski definition) is 1. The first-order chi connectivity index (χ1) is 13.2. The molecule has 0 bridgehead atoms. The molecule has 1 N–H and O–H groups in total. The van der Waals surface area contributed by atoms with E-state index in [1.807, 2.05) is 30.3 Å². The van der Waals surface area contributed by atoms with Gasteiger partial charge in [-0.25, -0.2) is 0 Å². The van der Waals surface area contributed by atoms with Gasteiger partial charge in [0.25, 0.3) is 5.91 Å². The lowest BCUT2D eigenvalue weighted by atomic mass is 10.00. The van der Waals surface area contributed by atoms with Gasteiger partial charge in [0.05, 0.1) is 11.7 Å². The second kappa shape index (κ2) is 7.84. The van der Waals surface area contributed by atoms with Gasteiger partial charge in [-0.05, 0) is 43.5 Å². The Hall–Kier alpha value is -2.80. The average molecular weight is 364 g/mol. The molecule has 3 aromatic rings. The SMILES string of the molecule is CN(Cc1cccc2cccnc12)C(=O)c1cn(C[C@@H]2CCCNC2)nn1. The first-order valence-electron chi connectivity index (χ1n) is 9.39. The van der Waals surface area contributed by atoms with E-state index in [4.69, 9.17) is 0 Å². The van der Waals surface area contributed by atoms with Crippen molar-refractivity contribution in [3.8, 4) is 0 Å². The van der Waals surface area contributed by atoms with Gasteiger partial charge >= 0.3 is 0 Å². The van der Waals surface area contributed by atoms with Crippen molar-refractivity contribution in [2.24, 2.45) is 5.92 Å². The first-order valence-corrected chi connectivity index (χ1v) is 9.39. The van der Waals surface area contributed by atoms with Crippen LogP contribution in [0.4, 0.5) is 0 Å². The Morgan fingerprint density at radius 2 is 2.22 bits per heavy atom. The Morgan fingerprint density at radius 3 is 3.07 bits per heavy atom. The number of para-hydroxylation sites is 1. The minimum atomic E-state index is -0.129. The van der Waals surface area contributed by atoms with Gasteiger partial charge in [0.15, 0.2) is 5.69 Å². The lowest BCUT2D eigenvalue weighted by molar-refractivity contribution is 0.0779. The van der Waals surface area contributed by atoms with Crippen LogP contribution in [-0.2, 0) is 13.1 Å². The van der Waals surface area contributed by atoms with Gasteiger partial charge in [0.1, 0.15) is 0 Å². The van der Waals surface area contributed by atoms with E-state index >= 15 is 0 Å². The quantitative estimate of drug-likeness (QED) is 0.750. The molecule has 27 heavy (non-hydrogen) atoms. The van der Waals surface area contributed by atoms with Gasteiger partial charge in [0.2, 0.25) is 0 Å². The fourth-order valence-corrected chi connectivity index (χ4v) is 3.65. The molecule has 7 nitrogen and oxygen atoms in total. The highest BCUT2D eigenvalue weighted by atomic mass is 16.2. The van der Waals surface area contributed by atoms with E-state index in [9.17, 15) is 4.79 Å². The predicted octanol–water partition coefficient (Wildman–Crippen LogP) is 2.10. The summed E-state index contributed by atoms with van der Waals surface area (Å²) in [5, 5.41) is 12.7. The highest BCUT2D eigenvalue weighted by Crippen LogP contribution is 2.18. The number of nitrogens with zero attached hydrogens (tertiary/aromatic N) is 5. The molecule has 2 aromatic heterocycles. The van der Waals surface area contributed by atoms with Crippen molar-refractivity contribution in [2.75, 3.05) is 20.1 Å². The number of hydrogen-bond acceptors (Lipinski definition) is 5. The Balaban J connectivity index is 1.44. The summed E-state index contributed by atoms with van der Waals surface area (Å²) in [4.78, 5) is 18.9. The second-order valence-electron chi connectivity index (χ2n) is 7.19. The van der Waals surface area contributed by atoms with Crippen LogP contribution in [-0.4, -0.2) is 50.9 Å². The molecular formula is C20H24N6O. The lowest BCUT2D eigenvalue weighted by Gasteiger charge is -2.22. The van der Waals surface area contributed by atoms with Crippen molar-refractivity contribution in [2.45, 2.75) is 25.9 Å². The van der Waals surface area contributed by atoms with Crippen LogP contribution in [0.2, 0.25) is 0 Å². The first kappa shape index (κ1) is 17.6. The highest BCUT2D eigenvalue weighted by Gasteiger charge is 2.19. The summed E-state index contributed by atoms with van der Waals surface area (Å²) in [7, 11) is 1.79. The number of pyridine rings is 1. The third kappa shape index (κ3) is 3.98. The third-order valence-electron chi connectivity index (χ3n) is 5.07. The number of rotatable bonds is 5. The van der Waals surface area contributed by atoms with Crippen molar-refractivity contribution in [1.29, 1.82) is 0 Å². The third-order valence-corrected chi connectivity index (χ3v) is 5.07. The van der Waals surface area contributed by atoms with Crippen LogP contribution in [0, 0.1) is 5.92 Å². The maximum absolute atomic E-state index is 12.8. The van der Waals surface area contributed by atoms with Crippen molar-refractivity contribution in [3.63, 3.8) is 0 Å². The molecule has 0 saturated carbocycles. The Morgan fingerprint density at radius 1 is 1.33 bits per heavy atom. The summed E-state index contributed by atoms with van der Waals surface area (Å²) >= 11 is 0. The molecule has 4 rings (SSSR count). The molecule has 140 valence electrons. The highest BCUT2D eigenvalue weighted by molar-refractivity contribution is 5.92. The van der Waals surface area contributed by atoms with Crippen LogP contribution in [0.15, 0.2) is 42.7 Å². The minimum absolute atomic E-state index is 0.129. The van der Waals surface area contributed by atoms with E-state index in [0.29, 0.717) is 18.2 Å². The van der Waals surface area contributed by atoms with Crippen LogP contribution in [0.5, 0.6) is 0 Å². The van der Waals surface area contributed by atoms with Crippen molar-refractivity contribution < 1.29 is 4.79 Å². The number of carbonyl (C=O) groups is 1.